The molecule has 1 aliphatic rings. The largest absolute Gasteiger partial charge is 0.345 e. The number of carbonyl (C=O) groups is 1. The smallest absolute Gasteiger partial charge is 0.316 e. The highest BCUT2D eigenvalue weighted by molar-refractivity contribution is 6.30. The number of hydrogen-bond acceptors (Lipinski definition) is 3. The lowest BCUT2D eigenvalue weighted by atomic mass is 10.1. The van der Waals surface area contributed by atoms with Crippen LogP contribution in [0.1, 0.15) is 30.1 Å². The summed E-state index contributed by atoms with van der Waals surface area (Å²) in [6.45, 7) is 2.60. The molecule has 1 fully saturated rings. The van der Waals surface area contributed by atoms with Crippen LogP contribution in [0.25, 0.3) is 11.0 Å². The lowest BCUT2D eigenvalue weighted by Crippen LogP contribution is -2.34. The first-order valence-corrected chi connectivity index (χ1v) is 8.40. The van der Waals surface area contributed by atoms with Gasteiger partial charge in [0, 0.05) is 17.8 Å². The minimum absolute atomic E-state index is 0.0611. The van der Waals surface area contributed by atoms with Gasteiger partial charge in [0.2, 0.25) is 0 Å². The van der Waals surface area contributed by atoms with Gasteiger partial charge in [-0.25, -0.2) is 4.79 Å². The molecular formula is C18H17ClN4O. The summed E-state index contributed by atoms with van der Waals surface area (Å²) < 4.78 is 1.48. The van der Waals surface area contributed by atoms with Gasteiger partial charge < -0.3 is 4.90 Å². The van der Waals surface area contributed by atoms with Gasteiger partial charge in [-0.15, -0.1) is 0 Å². The lowest BCUT2D eigenvalue weighted by molar-refractivity contribution is 0.192. The van der Waals surface area contributed by atoms with Crippen molar-refractivity contribution < 1.29 is 4.79 Å². The summed E-state index contributed by atoms with van der Waals surface area (Å²) in [5, 5.41) is 5.12. The first kappa shape index (κ1) is 15.1. The van der Waals surface area contributed by atoms with Crippen LogP contribution in [-0.2, 0) is 0 Å². The number of aryl methyl sites for hydroxylation is 1. The molecule has 3 heterocycles. The van der Waals surface area contributed by atoms with Gasteiger partial charge in [0.05, 0.1) is 17.3 Å². The monoisotopic (exact) mass is 340 g/mol. The molecule has 0 spiro atoms. The summed E-state index contributed by atoms with van der Waals surface area (Å²) in [6, 6.07) is 11.4. The molecule has 1 aromatic carbocycles. The third-order valence-electron chi connectivity index (χ3n) is 4.54. The molecule has 1 aliphatic heterocycles. The number of aromatic nitrogens is 3. The van der Waals surface area contributed by atoms with E-state index in [0.29, 0.717) is 5.02 Å². The molecule has 0 N–H and O–H groups in total. The number of pyridine rings is 1. The Balaban J connectivity index is 1.71. The number of hydrogen-bond donors (Lipinski definition) is 0. The summed E-state index contributed by atoms with van der Waals surface area (Å²) in [5.74, 6) is 0. The van der Waals surface area contributed by atoms with E-state index in [-0.39, 0.29) is 12.1 Å². The average Bonchev–Trinajstić information content (AvgIpc) is 3.21. The zero-order valence-electron chi connectivity index (χ0n) is 13.3. The number of rotatable bonds is 1. The van der Waals surface area contributed by atoms with Crippen molar-refractivity contribution in [3.8, 4) is 0 Å². The highest BCUT2D eigenvalue weighted by Crippen LogP contribution is 2.33. The van der Waals surface area contributed by atoms with Crippen LogP contribution in [0, 0.1) is 6.92 Å². The first-order chi connectivity index (χ1) is 11.6. The summed E-state index contributed by atoms with van der Waals surface area (Å²) >= 11 is 5.98. The Morgan fingerprint density at radius 1 is 1.25 bits per heavy atom. The Labute approximate surface area is 144 Å². The normalized spacial score (nSPS) is 17.6. The summed E-state index contributed by atoms with van der Waals surface area (Å²) in [4.78, 5) is 19.3. The molecular weight excluding hydrogens is 324 g/mol. The highest BCUT2D eigenvalue weighted by Gasteiger charge is 2.32. The van der Waals surface area contributed by atoms with Crippen molar-refractivity contribution in [3.63, 3.8) is 0 Å². The van der Waals surface area contributed by atoms with E-state index >= 15 is 0 Å². The van der Waals surface area contributed by atoms with Crippen LogP contribution in [0.15, 0.2) is 42.6 Å². The fourth-order valence-corrected chi connectivity index (χ4v) is 3.52. The maximum Gasteiger partial charge on any atom is 0.345 e. The maximum atomic E-state index is 13.1. The van der Waals surface area contributed by atoms with Crippen LogP contribution < -0.4 is 0 Å². The van der Waals surface area contributed by atoms with Crippen LogP contribution in [-0.4, -0.2) is 32.2 Å². The van der Waals surface area contributed by atoms with Gasteiger partial charge in [0.25, 0.3) is 0 Å². The molecule has 3 aromatic rings. The molecule has 1 saturated heterocycles. The number of carbonyl (C=O) groups excluding carboxylic acids is 1. The molecule has 1 atom stereocenters. The second-order valence-electron chi connectivity index (χ2n) is 6.05. The van der Waals surface area contributed by atoms with Crippen LogP contribution >= 0.6 is 11.6 Å². The Morgan fingerprint density at radius 2 is 2.04 bits per heavy atom. The Kier molecular flexibility index (Phi) is 3.73. The molecule has 2 aromatic heterocycles. The van der Waals surface area contributed by atoms with E-state index in [4.69, 9.17) is 11.6 Å². The quantitative estimate of drug-likeness (QED) is 0.667. The van der Waals surface area contributed by atoms with Crippen LogP contribution in [0.4, 0.5) is 4.79 Å². The maximum absolute atomic E-state index is 13.1. The molecule has 6 heteroatoms. The van der Waals surface area contributed by atoms with Crippen LogP contribution in [0.3, 0.4) is 0 Å². The van der Waals surface area contributed by atoms with E-state index in [2.05, 4.69) is 10.1 Å². The van der Waals surface area contributed by atoms with E-state index < -0.39 is 0 Å². The summed E-state index contributed by atoms with van der Waals surface area (Å²) in [6.07, 6.45) is 3.65. The van der Waals surface area contributed by atoms with Crippen molar-refractivity contribution in [1.29, 1.82) is 0 Å². The third kappa shape index (κ3) is 2.45. The minimum Gasteiger partial charge on any atom is -0.316 e. The molecule has 1 amide bonds. The van der Waals surface area contributed by atoms with Gasteiger partial charge in [-0.3, -0.25) is 4.98 Å². The van der Waals surface area contributed by atoms with Crippen molar-refractivity contribution in [2.45, 2.75) is 25.8 Å². The summed E-state index contributed by atoms with van der Waals surface area (Å²) in [5.41, 5.74) is 3.40. The molecule has 0 bridgehead atoms. The molecule has 122 valence electrons. The molecule has 0 saturated carbocycles. The number of halogens is 1. The topological polar surface area (TPSA) is 51.0 Å². The van der Waals surface area contributed by atoms with Gasteiger partial charge in [-0.05, 0) is 49.6 Å². The van der Waals surface area contributed by atoms with Crippen molar-refractivity contribution in [1.82, 2.24) is 19.7 Å². The van der Waals surface area contributed by atoms with Crippen molar-refractivity contribution in [2.75, 3.05) is 6.54 Å². The Hall–Kier alpha value is -2.40. The SMILES string of the molecule is Cc1nn(C(=O)N2CCC[C@H]2c2ccc(Cl)cc2)c2cccnc12. The Bertz CT molecular complexity index is 903. The molecule has 4 rings (SSSR count). The van der Waals surface area contributed by atoms with Crippen molar-refractivity contribution in [2.24, 2.45) is 0 Å². The van der Waals surface area contributed by atoms with E-state index in [9.17, 15) is 4.79 Å². The predicted octanol–water partition coefficient (Wildman–Crippen LogP) is 4.20. The minimum atomic E-state index is -0.0986. The van der Waals surface area contributed by atoms with E-state index in [1.165, 1.54) is 4.68 Å². The number of benzene rings is 1. The second-order valence-corrected chi connectivity index (χ2v) is 6.49. The predicted molar refractivity (Wildman–Crippen MR) is 93.2 cm³/mol. The van der Waals surface area contributed by atoms with Gasteiger partial charge in [-0.1, -0.05) is 23.7 Å². The van der Waals surface area contributed by atoms with E-state index in [1.54, 1.807) is 6.20 Å². The van der Waals surface area contributed by atoms with E-state index in [1.807, 2.05) is 48.2 Å². The van der Waals surface area contributed by atoms with E-state index in [0.717, 1.165) is 41.7 Å². The van der Waals surface area contributed by atoms with Crippen LogP contribution in [0.5, 0.6) is 0 Å². The second kappa shape index (κ2) is 5.91. The fourth-order valence-electron chi connectivity index (χ4n) is 3.39. The number of amides is 1. The number of fused-ring (bicyclic) bond motifs is 1. The van der Waals surface area contributed by atoms with Crippen LogP contribution in [0.2, 0.25) is 5.02 Å². The number of likely N-dealkylation sites (tertiary alicyclic amines) is 1. The fraction of sp³-hybridized carbons (Fsp3) is 0.278. The zero-order valence-corrected chi connectivity index (χ0v) is 14.1. The van der Waals surface area contributed by atoms with Gasteiger partial charge >= 0.3 is 6.03 Å². The highest BCUT2D eigenvalue weighted by atomic mass is 35.5. The third-order valence-corrected chi connectivity index (χ3v) is 4.79. The standard InChI is InChI=1S/C18H17ClN4O/c1-12-17-16(4-2-10-20-17)23(21-12)18(24)22-11-3-5-15(22)13-6-8-14(19)9-7-13/h2,4,6-10,15H,3,5,11H2,1H3/t15-/m0/s1. The van der Waals surface area contributed by atoms with Gasteiger partial charge in [0.15, 0.2) is 0 Å². The first-order valence-electron chi connectivity index (χ1n) is 8.02. The molecule has 24 heavy (non-hydrogen) atoms. The number of nitrogens with zero attached hydrogens (tertiary/aromatic N) is 4. The molecule has 0 radical (unpaired) electrons. The van der Waals surface area contributed by atoms with Crippen molar-refractivity contribution in [3.05, 3.63) is 58.9 Å². The lowest BCUT2D eigenvalue weighted by Gasteiger charge is -2.25. The summed E-state index contributed by atoms with van der Waals surface area (Å²) in [7, 11) is 0. The average molecular weight is 341 g/mol. The van der Waals surface area contributed by atoms with Gasteiger partial charge in [0.1, 0.15) is 5.52 Å². The van der Waals surface area contributed by atoms with Gasteiger partial charge in [-0.2, -0.15) is 9.78 Å². The Morgan fingerprint density at radius 3 is 2.83 bits per heavy atom. The zero-order chi connectivity index (χ0) is 16.7. The molecule has 0 aliphatic carbocycles. The molecule has 0 unspecified atom stereocenters. The molecule has 5 nitrogen and oxygen atoms in total. The van der Waals surface area contributed by atoms with Crippen molar-refractivity contribution >= 4 is 28.7 Å².